The Morgan fingerprint density at radius 3 is 2.67 bits per heavy atom. The molecule has 3 aromatic carbocycles. The Morgan fingerprint density at radius 1 is 1.00 bits per heavy atom. The fourth-order valence-corrected chi connectivity index (χ4v) is 4.85. The van der Waals surface area contributed by atoms with Crippen LogP contribution in [-0.2, 0) is 17.8 Å². The number of benzene rings is 3. The van der Waals surface area contributed by atoms with Crippen LogP contribution in [-0.4, -0.2) is 26.1 Å². The fraction of sp³-hybridized carbons (Fsp3) is 0.133. The molecule has 0 unspecified atom stereocenters. The Labute approximate surface area is 222 Å². The van der Waals surface area contributed by atoms with Gasteiger partial charge in [-0.15, -0.1) is 10.2 Å². The monoisotopic (exact) mass is 518 g/mol. The lowest BCUT2D eigenvalue weighted by molar-refractivity contribution is -0.384. The van der Waals surface area contributed by atoms with Crippen molar-refractivity contribution in [2.75, 3.05) is 0 Å². The summed E-state index contributed by atoms with van der Waals surface area (Å²) < 4.78 is 11.4. The zero-order valence-electron chi connectivity index (χ0n) is 20.7. The minimum absolute atomic E-state index is 0.0209. The molecule has 0 atom stereocenters. The quantitative estimate of drug-likeness (QED) is 0.143. The van der Waals surface area contributed by atoms with Crippen molar-refractivity contribution in [2.24, 2.45) is 0 Å². The number of hydrogen-bond acceptors (Lipinski definition) is 8. The number of nitro groups is 1. The van der Waals surface area contributed by atoms with Crippen LogP contribution in [0.2, 0.25) is 0 Å². The van der Waals surface area contributed by atoms with Gasteiger partial charge < -0.3 is 9.15 Å². The number of allylic oxidation sites excluding steroid dienone is 1. The number of ether oxygens (including phenoxy) is 1. The largest absolute Gasteiger partial charge is 0.452 e. The maximum absolute atomic E-state index is 13.5. The van der Waals surface area contributed by atoms with E-state index in [1.54, 1.807) is 6.07 Å². The third-order valence-corrected chi connectivity index (χ3v) is 6.61. The smallest absolute Gasteiger partial charge is 0.339 e. The molecular formula is C30H22N4O5. The van der Waals surface area contributed by atoms with Crippen LogP contribution in [0.25, 0.3) is 34.0 Å². The molecule has 0 saturated heterocycles. The van der Waals surface area contributed by atoms with E-state index in [0.717, 1.165) is 29.5 Å². The number of carbonyl (C=O) groups excluding carboxylic acids is 1. The summed E-state index contributed by atoms with van der Waals surface area (Å²) >= 11 is 0. The van der Waals surface area contributed by atoms with E-state index in [0.29, 0.717) is 40.0 Å². The summed E-state index contributed by atoms with van der Waals surface area (Å²) in [5, 5.41) is 20.0. The minimum Gasteiger partial charge on any atom is -0.452 e. The Hall–Kier alpha value is -5.18. The van der Waals surface area contributed by atoms with Crippen molar-refractivity contribution in [1.29, 1.82) is 0 Å². The second kappa shape index (κ2) is 10.3. The molecular weight excluding hydrogens is 496 g/mol. The molecule has 0 N–H and O–H groups in total. The van der Waals surface area contributed by atoms with Gasteiger partial charge in [0.1, 0.15) is 0 Å². The molecule has 192 valence electrons. The first-order valence-electron chi connectivity index (χ1n) is 12.5. The number of pyridine rings is 1. The average molecular weight is 519 g/mol. The number of non-ortho nitro benzene ring substituents is 1. The summed E-state index contributed by atoms with van der Waals surface area (Å²) in [4.78, 5) is 29.3. The van der Waals surface area contributed by atoms with Gasteiger partial charge in [-0.05, 0) is 60.2 Å². The molecule has 6 rings (SSSR count). The lowest BCUT2D eigenvalue weighted by Gasteiger charge is -2.22. The molecule has 1 aliphatic rings. The van der Waals surface area contributed by atoms with E-state index in [1.165, 1.54) is 12.1 Å². The SMILES string of the molecule is O=C(OCc1nnc(-c2ccccc2)o1)c1c2c(nc3ccccc13)C(=Cc1cccc([N+](=O)[O-])c1)CCC2. The van der Waals surface area contributed by atoms with Gasteiger partial charge in [-0.25, -0.2) is 9.78 Å². The molecule has 5 aromatic rings. The van der Waals surface area contributed by atoms with E-state index in [2.05, 4.69) is 10.2 Å². The number of para-hydroxylation sites is 1. The second-order valence-corrected chi connectivity index (χ2v) is 9.15. The van der Waals surface area contributed by atoms with Gasteiger partial charge in [0.2, 0.25) is 5.89 Å². The molecule has 1 aliphatic carbocycles. The number of nitrogens with zero attached hydrogens (tertiary/aromatic N) is 4. The highest BCUT2D eigenvalue weighted by molar-refractivity contribution is 6.06. The number of carbonyl (C=O) groups is 1. The third kappa shape index (κ3) is 4.89. The number of fused-ring (bicyclic) bond motifs is 2. The van der Waals surface area contributed by atoms with Crippen LogP contribution in [0.15, 0.2) is 83.3 Å². The number of rotatable bonds is 6. The van der Waals surface area contributed by atoms with Gasteiger partial charge in [0.25, 0.3) is 11.6 Å². The Bertz CT molecular complexity index is 1740. The third-order valence-electron chi connectivity index (χ3n) is 6.61. The normalized spacial score (nSPS) is 13.8. The molecule has 2 heterocycles. The van der Waals surface area contributed by atoms with Crippen LogP contribution < -0.4 is 0 Å². The van der Waals surface area contributed by atoms with Gasteiger partial charge in [0.15, 0.2) is 6.61 Å². The molecule has 0 saturated carbocycles. The molecule has 0 bridgehead atoms. The number of aromatic nitrogens is 3. The molecule has 0 aliphatic heterocycles. The lowest BCUT2D eigenvalue weighted by atomic mass is 9.86. The fourth-order valence-electron chi connectivity index (χ4n) is 4.85. The van der Waals surface area contributed by atoms with E-state index in [9.17, 15) is 14.9 Å². The number of esters is 1. The average Bonchev–Trinajstić information content (AvgIpc) is 3.45. The predicted molar refractivity (Wildman–Crippen MR) is 145 cm³/mol. The van der Waals surface area contributed by atoms with Crippen molar-refractivity contribution in [1.82, 2.24) is 15.2 Å². The summed E-state index contributed by atoms with van der Waals surface area (Å²) in [5.74, 6) is 0.0471. The highest BCUT2D eigenvalue weighted by Gasteiger charge is 2.26. The topological polar surface area (TPSA) is 121 Å². The maximum atomic E-state index is 13.5. The standard InChI is InChI=1S/C30H22N4O5/c35-30(38-18-26-32-33-29(39-26)20-9-2-1-3-10-20)27-23-13-4-5-15-25(23)31-28-21(11-7-14-24(27)28)16-19-8-6-12-22(17-19)34(36)37/h1-6,8-10,12-13,15-17H,7,11,14,18H2. The van der Waals surface area contributed by atoms with Crippen LogP contribution in [0.1, 0.15) is 45.9 Å². The second-order valence-electron chi connectivity index (χ2n) is 9.15. The Kier molecular flexibility index (Phi) is 6.38. The number of hydrogen-bond donors (Lipinski definition) is 0. The van der Waals surface area contributed by atoms with Crippen molar-refractivity contribution >= 4 is 34.2 Å². The summed E-state index contributed by atoms with van der Waals surface area (Å²) in [7, 11) is 0. The van der Waals surface area contributed by atoms with Crippen LogP contribution >= 0.6 is 0 Å². The highest BCUT2D eigenvalue weighted by Crippen LogP contribution is 2.37. The summed E-state index contributed by atoms with van der Waals surface area (Å²) in [5.41, 5.74) is 5.06. The maximum Gasteiger partial charge on any atom is 0.339 e. The van der Waals surface area contributed by atoms with Gasteiger partial charge in [0.05, 0.1) is 21.7 Å². The Morgan fingerprint density at radius 2 is 1.82 bits per heavy atom. The van der Waals surface area contributed by atoms with Crippen LogP contribution in [0.5, 0.6) is 0 Å². The molecule has 9 heteroatoms. The van der Waals surface area contributed by atoms with Crippen molar-refractivity contribution < 1.29 is 18.9 Å². The first-order valence-corrected chi connectivity index (χ1v) is 12.5. The van der Waals surface area contributed by atoms with Crippen LogP contribution in [0.3, 0.4) is 0 Å². The van der Waals surface area contributed by atoms with Crippen molar-refractivity contribution in [3.8, 4) is 11.5 Å². The van der Waals surface area contributed by atoms with Gasteiger partial charge >= 0.3 is 5.97 Å². The lowest BCUT2D eigenvalue weighted by Crippen LogP contribution is -2.15. The minimum atomic E-state index is -0.499. The molecule has 39 heavy (non-hydrogen) atoms. The van der Waals surface area contributed by atoms with E-state index < -0.39 is 10.9 Å². The predicted octanol–water partition coefficient (Wildman–Crippen LogP) is 6.43. The molecule has 0 amide bonds. The van der Waals surface area contributed by atoms with Gasteiger partial charge in [-0.2, -0.15) is 0 Å². The zero-order valence-corrected chi connectivity index (χ0v) is 20.7. The van der Waals surface area contributed by atoms with Crippen molar-refractivity contribution in [3.05, 3.63) is 117 Å². The molecule has 9 nitrogen and oxygen atoms in total. The van der Waals surface area contributed by atoms with Crippen LogP contribution in [0.4, 0.5) is 5.69 Å². The first kappa shape index (κ1) is 24.2. The molecule has 0 fully saturated rings. The summed E-state index contributed by atoms with van der Waals surface area (Å²) in [6.45, 7) is -0.166. The first-order chi connectivity index (χ1) is 19.1. The van der Waals surface area contributed by atoms with E-state index >= 15 is 0 Å². The number of nitro benzene ring substituents is 1. The van der Waals surface area contributed by atoms with E-state index in [1.807, 2.05) is 66.7 Å². The van der Waals surface area contributed by atoms with Crippen LogP contribution in [0, 0.1) is 10.1 Å². The zero-order chi connectivity index (χ0) is 26.8. The van der Waals surface area contributed by atoms with E-state index in [4.69, 9.17) is 14.1 Å². The van der Waals surface area contributed by atoms with Crippen molar-refractivity contribution in [2.45, 2.75) is 25.9 Å². The van der Waals surface area contributed by atoms with E-state index in [-0.39, 0.29) is 18.2 Å². The van der Waals surface area contributed by atoms with Gasteiger partial charge in [-0.1, -0.05) is 48.5 Å². The Balaban J connectivity index is 1.34. The summed E-state index contributed by atoms with van der Waals surface area (Å²) in [6.07, 6.45) is 4.10. The molecule has 2 aromatic heterocycles. The highest BCUT2D eigenvalue weighted by atomic mass is 16.6. The molecule has 0 spiro atoms. The molecule has 0 radical (unpaired) electrons. The summed E-state index contributed by atoms with van der Waals surface area (Å²) in [6, 6.07) is 23.3. The van der Waals surface area contributed by atoms with Crippen molar-refractivity contribution in [3.63, 3.8) is 0 Å². The van der Waals surface area contributed by atoms with Gasteiger partial charge in [0, 0.05) is 23.1 Å². The van der Waals surface area contributed by atoms with Gasteiger partial charge in [-0.3, -0.25) is 10.1 Å².